The first-order valence-electron chi connectivity index (χ1n) is 6.65. The standard InChI is InChI=1S/C15H26O3/c1-10-5-7-12(15(3,4)18)9-14(17)11(2)6-8-13(10)16/h12-14,16-18H,1-2,5-9H2,3-4H3/t12-,13+,14+/m0/s1. The molecule has 0 aromatic carbocycles. The molecule has 3 N–H and O–H groups in total. The van der Waals surface area contributed by atoms with E-state index in [0.29, 0.717) is 25.7 Å². The van der Waals surface area contributed by atoms with Crippen molar-refractivity contribution in [2.45, 2.75) is 63.8 Å². The molecule has 18 heavy (non-hydrogen) atoms. The average Bonchev–Trinajstić information content (AvgIpc) is 2.27. The van der Waals surface area contributed by atoms with Gasteiger partial charge in [0.25, 0.3) is 0 Å². The number of hydrogen-bond donors (Lipinski definition) is 3. The topological polar surface area (TPSA) is 60.7 Å². The molecule has 104 valence electrons. The Morgan fingerprint density at radius 1 is 1.00 bits per heavy atom. The SMILES string of the molecule is C=C1CC[C@H](C(C)(C)O)C[C@@H](O)C(=C)CC[C@H]1O. The average molecular weight is 254 g/mol. The summed E-state index contributed by atoms with van der Waals surface area (Å²) in [6.45, 7) is 11.3. The van der Waals surface area contributed by atoms with Gasteiger partial charge >= 0.3 is 0 Å². The molecule has 0 unspecified atom stereocenters. The van der Waals surface area contributed by atoms with Gasteiger partial charge in [-0.25, -0.2) is 0 Å². The van der Waals surface area contributed by atoms with Crippen molar-refractivity contribution < 1.29 is 15.3 Å². The maximum absolute atomic E-state index is 10.1. The lowest BCUT2D eigenvalue weighted by molar-refractivity contribution is -0.00785. The highest BCUT2D eigenvalue weighted by Crippen LogP contribution is 2.32. The van der Waals surface area contributed by atoms with Crippen LogP contribution in [0.5, 0.6) is 0 Å². The van der Waals surface area contributed by atoms with Crippen LogP contribution in [0.2, 0.25) is 0 Å². The minimum atomic E-state index is -0.842. The van der Waals surface area contributed by atoms with E-state index in [4.69, 9.17) is 0 Å². The van der Waals surface area contributed by atoms with Crippen molar-refractivity contribution in [1.29, 1.82) is 0 Å². The molecule has 3 atom stereocenters. The molecule has 0 aliphatic heterocycles. The molecule has 1 fully saturated rings. The van der Waals surface area contributed by atoms with Crippen LogP contribution in [0.1, 0.15) is 46.0 Å². The van der Waals surface area contributed by atoms with Crippen LogP contribution in [0.15, 0.2) is 24.3 Å². The smallest absolute Gasteiger partial charge is 0.0751 e. The maximum atomic E-state index is 10.1. The van der Waals surface area contributed by atoms with Crippen LogP contribution in [0, 0.1) is 5.92 Å². The molecule has 0 aromatic rings. The number of aliphatic hydroxyl groups excluding tert-OH is 2. The summed E-state index contributed by atoms with van der Waals surface area (Å²) in [5.41, 5.74) is 0.706. The Morgan fingerprint density at radius 2 is 1.50 bits per heavy atom. The number of rotatable bonds is 1. The molecule has 0 spiro atoms. The summed E-state index contributed by atoms with van der Waals surface area (Å²) in [6, 6.07) is 0. The Hall–Kier alpha value is -0.640. The van der Waals surface area contributed by atoms with E-state index >= 15 is 0 Å². The Morgan fingerprint density at radius 3 is 2.06 bits per heavy atom. The number of aliphatic hydroxyl groups is 3. The van der Waals surface area contributed by atoms with E-state index in [2.05, 4.69) is 13.2 Å². The summed E-state index contributed by atoms with van der Waals surface area (Å²) in [5, 5.41) is 30.1. The van der Waals surface area contributed by atoms with Crippen molar-refractivity contribution in [2.24, 2.45) is 5.92 Å². The summed E-state index contributed by atoms with van der Waals surface area (Å²) in [5.74, 6) is -0.0219. The molecule has 1 aliphatic rings. The lowest BCUT2D eigenvalue weighted by Gasteiger charge is -2.33. The van der Waals surface area contributed by atoms with Crippen molar-refractivity contribution in [3.63, 3.8) is 0 Å². The second-order valence-electron chi connectivity index (χ2n) is 6.01. The highest BCUT2D eigenvalue weighted by molar-refractivity contribution is 5.09. The first kappa shape index (κ1) is 15.4. The van der Waals surface area contributed by atoms with Gasteiger partial charge in [0.2, 0.25) is 0 Å². The Bertz CT molecular complexity index is 314. The van der Waals surface area contributed by atoms with E-state index < -0.39 is 17.8 Å². The molecule has 3 heteroatoms. The fourth-order valence-electron chi connectivity index (χ4n) is 2.41. The maximum Gasteiger partial charge on any atom is 0.0751 e. The van der Waals surface area contributed by atoms with Crippen LogP contribution in [0.4, 0.5) is 0 Å². The van der Waals surface area contributed by atoms with Gasteiger partial charge < -0.3 is 15.3 Å². The van der Waals surface area contributed by atoms with Crippen LogP contribution in [-0.4, -0.2) is 33.1 Å². The summed E-state index contributed by atoms with van der Waals surface area (Å²) >= 11 is 0. The van der Waals surface area contributed by atoms with Gasteiger partial charge in [0.1, 0.15) is 0 Å². The van der Waals surface area contributed by atoms with Gasteiger partial charge in [0.15, 0.2) is 0 Å². The molecule has 0 saturated heterocycles. The molecular formula is C15H26O3. The molecule has 1 rings (SSSR count). The van der Waals surface area contributed by atoms with Crippen LogP contribution >= 0.6 is 0 Å². The third-order valence-corrected chi connectivity index (χ3v) is 4.00. The summed E-state index contributed by atoms with van der Waals surface area (Å²) in [6.07, 6.45) is 1.97. The van der Waals surface area contributed by atoms with Gasteiger partial charge in [0, 0.05) is 0 Å². The van der Waals surface area contributed by atoms with Crippen molar-refractivity contribution in [1.82, 2.24) is 0 Å². The van der Waals surface area contributed by atoms with Gasteiger partial charge in [-0.15, -0.1) is 0 Å². The molecule has 3 nitrogen and oxygen atoms in total. The second kappa shape index (κ2) is 6.00. The largest absolute Gasteiger partial charge is 0.390 e. The summed E-state index contributed by atoms with van der Waals surface area (Å²) in [4.78, 5) is 0. The zero-order valence-electron chi connectivity index (χ0n) is 11.5. The third-order valence-electron chi connectivity index (χ3n) is 4.00. The summed E-state index contributed by atoms with van der Waals surface area (Å²) < 4.78 is 0. The molecule has 1 aliphatic carbocycles. The predicted molar refractivity (Wildman–Crippen MR) is 73.2 cm³/mol. The van der Waals surface area contributed by atoms with E-state index in [1.807, 2.05) is 0 Å². The minimum absolute atomic E-state index is 0.0219. The highest BCUT2D eigenvalue weighted by atomic mass is 16.3. The molecule has 0 heterocycles. The van der Waals surface area contributed by atoms with Crippen LogP contribution in [0.25, 0.3) is 0 Å². The van der Waals surface area contributed by atoms with E-state index in [1.165, 1.54) is 0 Å². The van der Waals surface area contributed by atoms with Crippen LogP contribution < -0.4 is 0 Å². The van der Waals surface area contributed by atoms with Crippen molar-refractivity contribution in [2.75, 3.05) is 0 Å². The Balaban J connectivity index is 2.82. The van der Waals surface area contributed by atoms with Gasteiger partial charge in [-0.1, -0.05) is 13.2 Å². The normalized spacial score (nSPS) is 32.4. The number of hydrogen-bond acceptors (Lipinski definition) is 3. The van der Waals surface area contributed by atoms with Crippen LogP contribution in [0.3, 0.4) is 0 Å². The first-order valence-corrected chi connectivity index (χ1v) is 6.65. The van der Waals surface area contributed by atoms with Gasteiger partial charge in [0.05, 0.1) is 17.8 Å². The molecule has 1 saturated carbocycles. The van der Waals surface area contributed by atoms with E-state index in [-0.39, 0.29) is 5.92 Å². The monoisotopic (exact) mass is 254 g/mol. The minimum Gasteiger partial charge on any atom is -0.390 e. The van der Waals surface area contributed by atoms with E-state index in [0.717, 1.165) is 17.6 Å². The fourth-order valence-corrected chi connectivity index (χ4v) is 2.41. The van der Waals surface area contributed by atoms with Gasteiger partial charge in [-0.05, 0) is 63.0 Å². The summed E-state index contributed by atoms with van der Waals surface area (Å²) in [7, 11) is 0. The van der Waals surface area contributed by atoms with E-state index in [1.54, 1.807) is 13.8 Å². The Labute approximate surface area is 110 Å². The molecule has 0 aromatic heterocycles. The fraction of sp³-hybridized carbons (Fsp3) is 0.733. The van der Waals surface area contributed by atoms with Gasteiger partial charge in [-0.3, -0.25) is 0 Å². The van der Waals surface area contributed by atoms with Gasteiger partial charge in [-0.2, -0.15) is 0 Å². The Kier molecular flexibility index (Phi) is 5.14. The molecule has 0 amide bonds. The van der Waals surface area contributed by atoms with E-state index in [9.17, 15) is 15.3 Å². The molecule has 0 radical (unpaired) electrons. The quantitative estimate of drug-likeness (QED) is 0.628. The van der Waals surface area contributed by atoms with Crippen molar-refractivity contribution in [3.8, 4) is 0 Å². The van der Waals surface area contributed by atoms with Crippen molar-refractivity contribution >= 4 is 0 Å². The molecule has 0 bridgehead atoms. The molecular weight excluding hydrogens is 228 g/mol. The first-order chi connectivity index (χ1) is 8.21. The lowest BCUT2D eigenvalue weighted by atomic mass is 9.79. The highest BCUT2D eigenvalue weighted by Gasteiger charge is 2.30. The predicted octanol–water partition coefficient (Wildman–Crippen LogP) is 2.17. The second-order valence-corrected chi connectivity index (χ2v) is 6.01. The third kappa shape index (κ3) is 4.23. The van der Waals surface area contributed by atoms with Crippen molar-refractivity contribution in [3.05, 3.63) is 24.3 Å². The zero-order valence-corrected chi connectivity index (χ0v) is 11.5. The lowest BCUT2D eigenvalue weighted by Crippen LogP contribution is -2.35. The zero-order chi connectivity index (χ0) is 13.9. The van der Waals surface area contributed by atoms with Crippen LogP contribution in [-0.2, 0) is 0 Å².